The zero-order valence-corrected chi connectivity index (χ0v) is 17.0. The molecule has 4 heteroatoms. The molecule has 4 rings (SSSR count). The average Bonchev–Trinajstić information content (AvgIpc) is 3.35. The molecule has 0 spiro atoms. The van der Waals surface area contributed by atoms with Gasteiger partial charge in [-0.2, -0.15) is 0 Å². The van der Waals surface area contributed by atoms with Gasteiger partial charge in [-0.25, -0.2) is 0 Å². The van der Waals surface area contributed by atoms with Crippen molar-refractivity contribution in [2.45, 2.75) is 57.5 Å². The van der Waals surface area contributed by atoms with E-state index in [2.05, 4.69) is 26.0 Å². The number of rotatable bonds is 4. The predicted octanol–water partition coefficient (Wildman–Crippen LogP) is 5.17. The molecule has 1 saturated heterocycles. The first kappa shape index (κ1) is 19.4. The second-order valence-electron chi connectivity index (χ2n) is 8.33. The Bertz CT molecular complexity index is 938. The van der Waals surface area contributed by atoms with E-state index in [0.29, 0.717) is 11.5 Å². The van der Waals surface area contributed by atoms with Crippen LogP contribution in [0.1, 0.15) is 68.2 Å². The van der Waals surface area contributed by atoms with Crippen molar-refractivity contribution in [2.75, 3.05) is 0 Å². The first-order valence-electron chi connectivity index (χ1n) is 10.4. The third-order valence-electron chi connectivity index (χ3n) is 6.16. The fourth-order valence-corrected chi connectivity index (χ4v) is 4.55. The summed E-state index contributed by atoms with van der Waals surface area (Å²) in [5, 5.41) is 11.0. The first-order chi connectivity index (χ1) is 14.0. The molecule has 1 unspecified atom stereocenters. The Morgan fingerprint density at radius 2 is 1.59 bits per heavy atom. The molecule has 0 aromatic heterocycles. The van der Waals surface area contributed by atoms with Gasteiger partial charge in [0.25, 0.3) is 11.7 Å². The monoisotopic (exact) mass is 389 g/mol. The molecule has 2 aromatic carbocycles. The second kappa shape index (κ2) is 7.86. The van der Waals surface area contributed by atoms with Crippen molar-refractivity contribution in [3.05, 3.63) is 76.9 Å². The van der Waals surface area contributed by atoms with Crippen LogP contribution in [0, 0.1) is 0 Å². The van der Waals surface area contributed by atoms with Gasteiger partial charge in [-0.05, 0) is 29.9 Å². The Labute approximate surface area is 171 Å². The number of amides is 1. The predicted molar refractivity (Wildman–Crippen MR) is 113 cm³/mol. The quantitative estimate of drug-likeness (QED) is 0.446. The highest BCUT2D eigenvalue weighted by Crippen LogP contribution is 2.43. The summed E-state index contributed by atoms with van der Waals surface area (Å²) in [4.78, 5) is 27.8. The van der Waals surface area contributed by atoms with Crippen LogP contribution in [0.4, 0.5) is 0 Å². The maximum absolute atomic E-state index is 13.0. The lowest BCUT2D eigenvalue weighted by Gasteiger charge is -2.31. The van der Waals surface area contributed by atoms with Crippen molar-refractivity contribution in [3.8, 4) is 0 Å². The van der Waals surface area contributed by atoms with E-state index in [1.54, 1.807) is 17.0 Å². The number of aliphatic hydroxyl groups excluding tert-OH is 1. The number of hydrogen-bond acceptors (Lipinski definition) is 3. The molecule has 0 bridgehead atoms. The van der Waals surface area contributed by atoms with Crippen molar-refractivity contribution < 1.29 is 14.7 Å². The van der Waals surface area contributed by atoms with Gasteiger partial charge in [0, 0.05) is 11.6 Å². The second-order valence-corrected chi connectivity index (χ2v) is 8.33. The molecule has 1 aliphatic carbocycles. The molecule has 2 aromatic rings. The number of ketones is 1. The molecular weight excluding hydrogens is 362 g/mol. The van der Waals surface area contributed by atoms with Crippen LogP contribution < -0.4 is 0 Å². The highest BCUT2D eigenvalue weighted by molar-refractivity contribution is 6.46. The van der Waals surface area contributed by atoms with Gasteiger partial charge < -0.3 is 10.0 Å². The normalized spacial score (nSPS) is 22.0. The molecule has 1 atom stereocenters. The van der Waals surface area contributed by atoms with Crippen LogP contribution in [0.15, 0.2) is 60.2 Å². The standard InChI is InChI=1S/C25H27NO3/c1-16(2)17-12-14-18(15-13-17)22-21(23(27)19-8-4-3-5-9-19)24(28)25(29)26(22)20-10-6-7-11-20/h3-5,8-9,12-16,20,22,27H,6-7,10-11H2,1-2H3/b23-21-. The van der Waals surface area contributed by atoms with E-state index in [0.717, 1.165) is 31.2 Å². The Balaban J connectivity index is 1.86. The lowest BCUT2D eigenvalue weighted by atomic mass is 9.92. The topological polar surface area (TPSA) is 57.6 Å². The number of benzene rings is 2. The summed E-state index contributed by atoms with van der Waals surface area (Å²) in [5.41, 5.74) is 2.83. The average molecular weight is 389 g/mol. The first-order valence-corrected chi connectivity index (χ1v) is 10.4. The van der Waals surface area contributed by atoms with Gasteiger partial charge in [-0.15, -0.1) is 0 Å². The summed E-state index contributed by atoms with van der Waals surface area (Å²) in [6, 6.07) is 16.6. The highest BCUT2D eigenvalue weighted by Gasteiger charge is 2.49. The number of likely N-dealkylation sites (tertiary alicyclic amines) is 1. The lowest BCUT2D eigenvalue weighted by molar-refractivity contribution is -0.141. The number of carbonyl (C=O) groups excluding carboxylic acids is 2. The molecule has 150 valence electrons. The van der Waals surface area contributed by atoms with Crippen LogP contribution >= 0.6 is 0 Å². The number of carbonyl (C=O) groups is 2. The van der Waals surface area contributed by atoms with E-state index in [1.165, 1.54) is 5.56 Å². The lowest BCUT2D eigenvalue weighted by Crippen LogP contribution is -2.37. The third kappa shape index (κ3) is 3.48. The van der Waals surface area contributed by atoms with Gasteiger partial charge in [-0.1, -0.05) is 81.3 Å². The van der Waals surface area contributed by atoms with Gasteiger partial charge >= 0.3 is 0 Å². The van der Waals surface area contributed by atoms with Gasteiger partial charge in [0.05, 0.1) is 11.6 Å². The summed E-state index contributed by atoms with van der Waals surface area (Å²) >= 11 is 0. The van der Waals surface area contributed by atoms with Gasteiger partial charge in [0.1, 0.15) is 5.76 Å². The maximum Gasteiger partial charge on any atom is 0.295 e. The highest BCUT2D eigenvalue weighted by atomic mass is 16.3. The van der Waals surface area contributed by atoms with Gasteiger partial charge in [0.15, 0.2) is 0 Å². The fraction of sp³-hybridized carbons (Fsp3) is 0.360. The van der Waals surface area contributed by atoms with Crippen LogP contribution in [0.5, 0.6) is 0 Å². The van der Waals surface area contributed by atoms with Crippen molar-refractivity contribution in [1.82, 2.24) is 4.90 Å². The van der Waals surface area contributed by atoms with Crippen LogP contribution in [0.25, 0.3) is 5.76 Å². The van der Waals surface area contributed by atoms with Crippen molar-refractivity contribution in [3.63, 3.8) is 0 Å². The molecule has 1 amide bonds. The summed E-state index contributed by atoms with van der Waals surface area (Å²) < 4.78 is 0. The zero-order valence-electron chi connectivity index (χ0n) is 17.0. The molecular formula is C25H27NO3. The number of Topliss-reactive ketones (excluding diaryl/α,β-unsaturated/α-hetero) is 1. The fourth-order valence-electron chi connectivity index (χ4n) is 4.55. The summed E-state index contributed by atoms with van der Waals surface area (Å²) in [6.07, 6.45) is 3.93. The van der Waals surface area contributed by atoms with Gasteiger partial charge in [-0.3, -0.25) is 9.59 Å². The SMILES string of the molecule is CC(C)c1ccc(C2/C(=C(/O)c3ccccc3)C(=O)C(=O)N2C2CCCC2)cc1. The summed E-state index contributed by atoms with van der Waals surface area (Å²) in [5.74, 6) is -0.777. The van der Waals surface area contributed by atoms with Crippen LogP contribution in [0.3, 0.4) is 0 Å². The molecule has 1 saturated carbocycles. The molecule has 2 fully saturated rings. The minimum atomic E-state index is -0.587. The van der Waals surface area contributed by atoms with Crippen LogP contribution in [-0.4, -0.2) is 27.7 Å². The smallest absolute Gasteiger partial charge is 0.295 e. The van der Waals surface area contributed by atoms with E-state index < -0.39 is 17.7 Å². The Kier molecular flexibility index (Phi) is 5.27. The van der Waals surface area contributed by atoms with E-state index >= 15 is 0 Å². The number of nitrogens with zero attached hydrogens (tertiary/aromatic N) is 1. The van der Waals surface area contributed by atoms with Crippen molar-refractivity contribution in [1.29, 1.82) is 0 Å². The minimum absolute atomic E-state index is 0.0438. The Hall–Kier alpha value is -2.88. The maximum atomic E-state index is 13.0. The minimum Gasteiger partial charge on any atom is -0.507 e. The van der Waals surface area contributed by atoms with E-state index in [9.17, 15) is 14.7 Å². The molecule has 1 heterocycles. The third-order valence-corrected chi connectivity index (χ3v) is 6.16. The van der Waals surface area contributed by atoms with E-state index in [1.807, 2.05) is 30.3 Å². The molecule has 4 nitrogen and oxygen atoms in total. The number of hydrogen-bond donors (Lipinski definition) is 1. The number of aliphatic hydroxyl groups is 1. The molecule has 2 aliphatic rings. The summed E-state index contributed by atoms with van der Waals surface area (Å²) in [7, 11) is 0. The van der Waals surface area contributed by atoms with Crippen LogP contribution in [0.2, 0.25) is 0 Å². The molecule has 1 N–H and O–H groups in total. The van der Waals surface area contributed by atoms with Crippen molar-refractivity contribution >= 4 is 17.4 Å². The Morgan fingerprint density at radius 1 is 0.966 bits per heavy atom. The molecule has 29 heavy (non-hydrogen) atoms. The van der Waals surface area contributed by atoms with Gasteiger partial charge in [0.2, 0.25) is 0 Å². The zero-order chi connectivity index (χ0) is 20.5. The molecule has 0 radical (unpaired) electrons. The van der Waals surface area contributed by atoms with E-state index in [4.69, 9.17) is 0 Å². The van der Waals surface area contributed by atoms with Crippen molar-refractivity contribution in [2.24, 2.45) is 0 Å². The van der Waals surface area contributed by atoms with E-state index in [-0.39, 0.29) is 17.4 Å². The molecule has 1 aliphatic heterocycles. The summed E-state index contributed by atoms with van der Waals surface area (Å²) in [6.45, 7) is 4.27. The van der Waals surface area contributed by atoms with Crippen LogP contribution in [-0.2, 0) is 9.59 Å². The Morgan fingerprint density at radius 3 is 2.17 bits per heavy atom. The largest absolute Gasteiger partial charge is 0.507 e.